The second kappa shape index (κ2) is 5.74. The van der Waals surface area contributed by atoms with E-state index in [-0.39, 0.29) is 15.7 Å². The predicted octanol–water partition coefficient (Wildman–Crippen LogP) is 0.721. The molecule has 7 nitrogen and oxygen atoms in total. The van der Waals surface area contributed by atoms with Crippen LogP contribution in [0.1, 0.15) is 30.1 Å². The Morgan fingerprint density at radius 2 is 2.14 bits per heavy atom. The van der Waals surface area contributed by atoms with Gasteiger partial charge in [-0.05, 0) is 24.8 Å². The number of carboxylic acids is 1. The van der Waals surface area contributed by atoms with Gasteiger partial charge in [0, 0.05) is 11.9 Å². The van der Waals surface area contributed by atoms with E-state index < -0.39 is 27.9 Å². The van der Waals surface area contributed by atoms with Crippen molar-refractivity contribution in [2.75, 3.05) is 6.54 Å². The third-order valence-electron chi connectivity index (χ3n) is 3.51. The Balaban J connectivity index is 2.26. The van der Waals surface area contributed by atoms with E-state index in [1.165, 1.54) is 16.3 Å². The highest BCUT2D eigenvalue weighted by Gasteiger charge is 2.35. The molecular weight excluding hydrogens is 316 g/mol. The van der Waals surface area contributed by atoms with Crippen LogP contribution in [0, 0.1) is 5.92 Å². The number of amides is 1. The van der Waals surface area contributed by atoms with Crippen molar-refractivity contribution in [1.29, 1.82) is 0 Å². The van der Waals surface area contributed by atoms with Crippen LogP contribution in [0.3, 0.4) is 0 Å². The number of piperidine rings is 1. The van der Waals surface area contributed by atoms with E-state index in [1.807, 2.05) is 6.92 Å². The Morgan fingerprint density at radius 3 is 2.67 bits per heavy atom. The molecule has 1 fully saturated rings. The maximum absolute atomic E-state index is 12.4. The van der Waals surface area contributed by atoms with E-state index in [0.29, 0.717) is 13.0 Å². The average molecular weight is 332 g/mol. The van der Waals surface area contributed by atoms with E-state index in [2.05, 4.69) is 0 Å². The molecule has 0 radical (unpaired) electrons. The monoisotopic (exact) mass is 332 g/mol. The van der Waals surface area contributed by atoms with E-state index >= 15 is 0 Å². The molecule has 2 heterocycles. The number of thiophene rings is 1. The van der Waals surface area contributed by atoms with Crippen LogP contribution in [0.5, 0.6) is 0 Å². The fourth-order valence-corrected chi connectivity index (χ4v) is 3.94. The van der Waals surface area contributed by atoms with Crippen molar-refractivity contribution >= 4 is 33.2 Å². The first-order chi connectivity index (χ1) is 9.70. The fraction of sp³-hybridized carbons (Fsp3) is 0.500. The number of nitrogens with two attached hydrogens (primary N) is 1. The number of likely N-dealkylation sites (tertiary alicyclic amines) is 1. The first-order valence-corrected chi connectivity index (χ1v) is 8.78. The number of hydrogen-bond acceptors (Lipinski definition) is 5. The quantitative estimate of drug-likeness (QED) is 0.845. The lowest BCUT2D eigenvalue weighted by Crippen LogP contribution is -2.49. The molecule has 2 rings (SSSR count). The van der Waals surface area contributed by atoms with E-state index in [0.717, 1.165) is 17.8 Å². The molecule has 1 saturated heterocycles. The van der Waals surface area contributed by atoms with Crippen LogP contribution < -0.4 is 5.14 Å². The first kappa shape index (κ1) is 15.9. The number of rotatable bonds is 3. The fourth-order valence-electron chi connectivity index (χ4n) is 2.36. The van der Waals surface area contributed by atoms with Crippen LogP contribution in [-0.2, 0) is 14.8 Å². The molecule has 1 aromatic heterocycles. The number of sulfonamides is 1. The zero-order chi connectivity index (χ0) is 15.8. The van der Waals surface area contributed by atoms with Crippen molar-refractivity contribution < 1.29 is 23.1 Å². The van der Waals surface area contributed by atoms with Gasteiger partial charge in [0.1, 0.15) is 10.3 Å². The minimum Gasteiger partial charge on any atom is -0.480 e. The Bertz CT molecular complexity index is 667. The van der Waals surface area contributed by atoms with Gasteiger partial charge in [0.05, 0.1) is 5.56 Å². The third-order valence-corrected chi connectivity index (χ3v) is 5.90. The maximum Gasteiger partial charge on any atom is 0.326 e. The molecule has 9 heteroatoms. The third kappa shape index (κ3) is 3.42. The highest BCUT2D eigenvalue weighted by molar-refractivity contribution is 7.91. The van der Waals surface area contributed by atoms with Gasteiger partial charge in [-0.25, -0.2) is 18.4 Å². The van der Waals surface area contributed by atoms with Crippen LogP contribution >= 0.6 is 11.3 Å². The molecule has 1 aromatic rings. The number of aliphatic carboxylic acids is 1. The minimum absolute atomic E-state index is 0.108. The van der Waals surface area contributed by atoms with Crippen LogP contribution in [0.4, 0.5) is 0 Å². The predicted molar refractivity (Wildman–Crippen MR) is 76.6 cm³/mol. The molecule has 0 aliphatic carbocycles. The number of carboxylic acid groups (broad SMARTS) is 1. The molecule has 1 aliphatic rings. The standard InChI is InChI=1S/C12H16N2O5S2/c1-7-2-3-14(9(4-7)12(16)17)11(15)8-5-10(20-6-8)21(13,18)19/h5-7,9H,2-4H2,1H3,(H,16,17)(H2,13,18,19). The number of primary sulfonamides is 1. The van der Waals surface area contributed by atoms with Gasteiger partial charge >= 0.3 is 5.97 Å². The molecule has 3 N–H and O–H groups in total. The van der Waals surface area contributed by atoms with Gasteiger partial charge in [-0.15, -0.1) is 11.3 Å². The lowest BCUT2D eigenvalue weighted by molar-refractivity contribution is -0.144. The lowest BCUT2D eigenvalue weighted by Gasteiger charge is -2.35. The van der Waals surface area contributed by atoms with Crippen molar-refractivity contribution in [2.45, 2.75) is 30.0 Å². The lowest BCUT2D eigenvalue weighted by atomic mass is 9.92. The van der Waals surface area contributed by atoms with Crippen molar-refractivity contribution in [3.05, 3.63) is 17.0 Å². The smallest absolute Gasteiger partial charge is 0.326 e. The van der Waals surface area contributed by atoms with Gasteiger partial charge in [0.2, 0.25) is 10.0 Å². The van der Waals surface area contributed by atoms with Gasteiger partial charge in [-0.1, -0.05) is 6.92 Å². The molecular formula is C12H16N2O5S2. The molecule has 0 saturated carbocycles. The van der Waals surface area contributed by atoms with Crippen LogP contribution in [-0.4, -0.2) is 42.9 Å². The minimum atomic E-state index is -3.85. The van der Waals surface area contributed by atoms with Gasteiger partial charge in [-0.2, -0.15) is 0 Å². The van der Waals surface area contributed by atoms with Crippen LogP contribution in [0.15, 0.2) is 15.7 Å². The first-order valence-electron chi connectivity index (χ1n) is 6.35. The summed E-state index contributed by atoms with van der Waals surface area (Å²) in [7, 11) is -3.85. The highest BCUT2D eigenvalue weighted by atomic mass is 32.2. The normalized spacial score (nSPS) is 23.0. The topological polar surface area (TPSA) is 118 Å². The second-order valence-corrected chi connectivity index (χ2v) is 7.88. The summed E-state index contributed by atoms with van der Waals surface area (Å²) in [5.41, 5.74) is 0.157. The maximum atomic E-state index is 12.4. The average Bonchev–Trinajstić information content (AvgIpc) is 2.87. The van der Waals surface area contributed by atoms with E-state index in [9.17, 15) is 23.1 Å². The summed E-state index contributed by atoms with van der Waals surface area (Å²) in [6, 6.07) is 0.318. The molecule has 2 unspecified atom stereocenters. The van der Waals surface area contributed by atoms with E-state index in [1.54, 1.807) is 0 Å². The number of carbonyl (C=O) groups excluding carboxylic acids is 1. The molecule has 21 heavy (non-hydrogen) atoms. The Morgan fingerprint density at radius 1 is 1.48 bits per heavy atom. The number of carbonyl (C=O) groups is 2. The Labute approximate surface area is 126 Å². The number of hydrogen-bond donors (Lipinski definition) is 2. The molecule has 116 valence electrons. The van der Waals surface area contributed by atoms with E-state index in [4.69, 9.17) is 5.14 Å². The van der Waals surface area contributed by atoms with Crippen molar-refractivity contribution in [1.82, 2.24) is 4.90 Å². The summed E-state index contributed by atoms with van der Waals surface area (Å²) in [6.45, 7) is 2.29. The molecule has 0 spiro atoms. The van der Waals surface area contributed by atoms with Gasteiger partial charge in [0.15, 0.2) is 0 Å². The second-order valence-electron chi connectivity index (χ2n) is 5.18. The summed E-state index contributed by atoms with van der Waals surface area (Å²) in [6.07, 6.45) is 1.12. The van der Waals surface area contributed by atoms with Gasteiger partial charge in [0.25, 0.3) is 5.91 Å². The molecule has 2 atom stereocenters. The Hall–Kier alpha value is -1.45. The molecule has 0 aromatic carbocycles. The van der Waals surface area contributed by atoms with Crippen molar-refractivity contribution in [3.63, 3.8) is 0 Å². The summed E-state index contributed by atoms with van der Waals surface area (Å²) < 4.78 is 22.4. The van der Waals surface area contributed by atoms with Gasteiger partial charge < -0.3 is 10.0 Å². The highest BCUT2D eigenvalue weighted by Crippen LogP contribution is 2.26. The zero-order valence-electron chi connectivity index (χ0n) is 11.4. The zero-order valence-corrected chi connectivity index (χ0v) is 13.0. The summed E-state index contributed by atoms with van der Waals surface area (Å²) >= 11 is 0.851. The SMILES string of the molecule is CC1CCN(C(=O)c2csc(S(N)(=O)=O)c2)C(C(=O)O)C1. The van der Waals surface area contributed by atoms with Crippen molar-refractivity contribution in [3.8, 4) is 0 Å². The van der Waals surface area contributed by atoms with Crippen LogP contribution in [0.25, 0.3) is 0 Å². The molecule has 0 bridgehead atoms. The molecule has 1 aliphatic heterocycles. The summed E-state index contributed by atoms with van der Waals surface area (Å²) in [5.74, 6) is -1.28. The largest absolute Gasteiger partial charge is 0.480 e. The van der Waals surface area contributed by atoms with Gasteiger partial charge in [-0.3, -0.25) is 4.79 Å². The van der Waals surface area contributed by atoms with Crippen molar-refractivity contribution in [2.24, 2.45) is 11.1 Å². The molecule has 1 amide bonds. The summed E-state index contributed by atoms with van der Waals surface area (Å²) in [5, 5.41) is 15.6. The summed E-state index contributed by atoms with van der Waals surface area (Å²) in [4.78, 5) is 25.0. The number of nitrogens with zero attached hydrogens (tertiary/aromatic N) is 1. The Kier molecular flexibility index (Phi) is 4.35. The van der Waals surface area contributed by atoms with Crippen LogP contribution in [0.2, 0.25) is 0 Å².